The molecular formula is C28H27F2N5O5. The number of piperazine rings is 1. The minimum atomic E-state index is -0.795. The fourth-order valence-corrected chi connectivity index (χ4v) is 5.09. The number of para-hydroxylation sites is 1. The second kappa shape index (κ2) is 11.2. The number of rotatable bonds is 6. The molecule has 2 aliphatic heterocycles. The molecule has 1 saturated heterocycles. The van der Waals surface area contributed by atoms with E-state index < -0.39 is 22.8 Å². The van der Waals surface area contributed by atoms with Crippen LogP contribution in [0.1, 0.15) is 18.0 Å². The molecule has 2 heterocycles. The number of guanidine groups is 1. The number of non-ortho nitro benzene ring substituents is 1. The summed E-state index contributed by atoms with van der Waals surface area (Å²) < 4.78 is 39.1. The van der Waals surface area contributed by atoms with Crippen LogP contribution in [0.3, 0.4) is 0 Å². The van der Waals surface area contributed by atoms with Gasteiger partial charge in [0, 0.05) is 49.6 Å². The van der Waals surface area contributed by atoms with Gasteiger partial charge in [0.25, 0.3) is 5.69 Å². The van der Waals surface area contributed by atoms with Crippen LogP contribution in [0.4, 0.5) is 31.5 Å². The summed E-state index contributed by atoms with van der Waals surface area (Å²) >= 11 is 0. The molecule has 0 bridgehead atoms. The number of methoxy groups -OCH3 is 2. The molecule has 0 amide bonds. The molecule has 1 atom stereocenters. The van der Waals surface area contributed by atoms with Gasteiger partial charge in [-0.15, -0.1) is 0 Å². The number of esters is 1. The lowest BCUT2D eigenvalue weighted by Gasteiger charge is -2.45. The van der Waals surface area contributed by atoms with Crippen LogP contribution in [0.25, 0.3) is 0 Å². The van der Waals surface area contributed by atoms with Crippen molar-refractivity contribution < 1.29 is 28.0 Å². The number of carbonyl (C=O) groups is 1. The second-order valence-electron chi connectivity index (χ2n) is 9.32. The van der Waals surface area contributed by atoms with Gasteiger partial charge in [0.15, 0.2) is 0 Å². The van der Waals surface area contributed by atoms with Crippen LogP contribution in [0, 0.1) is 21.7 Å². The largest absolute Gasteiger partial charge is 0.495 e. The Morgan fingerprint density at radius 3 is 2.38 bits per heavy atom. The molecule has 1 unspecified atom stereocenters. The van der Waals surface area contributed by atoms with Gasteiger partial charge in [0.2, 0.25) is 5.96 Å². The number of halogens is 2. The number of nitrogens with zero attached hydrogens (tertiary/aromatic N) is 5. The zero-order valence-electron chi connectivity index (χ0n) is 21.9. The summed E-state index contributed by atoms with van der Waals surface area (Å²) in [6, 6.07) is 14.1. The standard InChI is InChI=1S/C28H27F2N5O5/c1-39-25-11-10-20(35(37)38)16-24(25)34-23(17-26(36)40-2)21-4-3-5-22(30)27(21)31-28(34)33-14-12-32(13-15-33)19-8-6-18(29)7-9-19/h3-11,16,23H,12-15,17H2,1-2H3. The molecule has 12 heteroatoms. The Hall–Kier alpha value is -4.74. The van der Waals surface area contributed by atoms with Crippen molar-refractivity contribution in [1.29, 1.82) is 0 Å². The smallest absolute Gasteiger partial charge is 0.307 e. The Labute approximate surface area is 229 Å². The second-order valence-corrected chi connectivity index (χ2v) is 9.32. The SMILES string of the molecule is COC(=O)CC1c2cccc(F)c2N=C(N2CCN(c3ccc(F)cc3)CC2)N1c1cc([N+](=O)[O-])ccc1OC. The lowest BCUT2D eigenvalue weighted by atomic mass is 9.97. The maximum atomic E-state index is 15.2. The Balaban J connectivity index is 1.61. The van der Waals surface area contributed by atoms with Gasteiger partial charge in [-0.2, -0.15) is 0 Å². The zero-order chi connectivity index (χ0) is 28.4. The third-order valence-corrected chi connectivity index (χ3v) is 7.09. The number of fused-ring (bicyclic) bond motifs is 1. The van der Waals surface area contributed by atoms with Gasteiger partial charge in [0.05, 0.1) is 37.3 Å². The first kappa shape index (κ1) is 26.9. The highest BCUT2D eigenvalue weighted by Gasteiger charge is 2.39. The predicted molar refractivity (Wildman–Crippen MR) is 145 cm³/mol. The van der Waals surface area contributed by atoms with E-state index in [0.717, 1.165) is 5.69 Å². The summed E-state index contributed by atoms with van der Waals surface area (Å²) in [6.45, 7) is 2.02. The van der Waals surface area contributed by atoms with Crippen LogP contribution in [-0.4, -0.2) is 62.2 Å². The van der Waals surface area contributed by atoms with Gasteiger partial charge in [-0.25, -0.2) is 13.8 Å². The van der Waals surface area contributed by atoms with E-state index in [2.05, 4.69) is 4.90 Å². The molecule has 0 saturated carbocycles. The fraction of sp³-hybridized carbons (Fsp3) is 0.286. The van der Waals surface area contributed by atoms with Crippen molar-refractivity contribution in [1.82, 2.24) is 4.90 Å². The van der Waals surface area contributed by atoms with Crippen molar-refractivity contribution in [2.75, 3.05) is 50.2 Å². The summed E-state index contributed by atoms with van der Waals surface area (Å²) in [5.74, 6) is -0.780. The monoisotopic (exact) mass is 551 g/mol. The van der Waals surface area contributed by atoms with Crippen molar-refractivity contribution in [3.8, 4) is 5.75 Å². The average Bonchev–Trinajstić information content (AvgIpc) is 2.97. The molecule has 10 nitrogen and oxygen atoms in total. The van der Waals surface area contributed by atoms with Crippen LogP contribution in [0.5, 0.6) is 5.75 Å². The fourth-order valence-electron chi connectivity index (χ4n) is 5.09. The van der Waals surface area contributed by atoms with Gasteiger partial charge < -0.3 is 24.2 Å². The van der Waals surface area contributed by atoms with E-state index in [1.54, 1.807) is 23.1 Å². The molecule has 3 aromatic rings. The van der Waals surface area contributed by atoms with Crippen molar-refractivity contribution >= 4 is 34.7 Å². The zero-order valence-corrected chi connectivity index (χ0v) is 21.9. The Kier molecular flexibility index (Phi) is 7.50. The normalized spacial score (nSPS) is 16.8. The van der Waals surface area contributed by atoms with Gasteiger partial charge in [0.1, 0.15) is 23.1 Å². The molecule has 2 aliphatic rings. The molecule has 0 radical (unpaired) electrons. The third-order valence-electron chi connectivity index (χ3n) is 7.09. The highest BCUT2D eigenvalue weighted by molar-refractivity contribution is 6.02. The number of nitro groups is 1. The third kappa shape index (κ3) is 5.12. The highest BCUT2D eigenvalue weighted by Crippen LogP contribution is 2.45. The van der Waals surface area contributed by atoms with Crippen molar-refractivity contribution in [3.63, 3.8) is 0 Å². The van der Waals surface area contributed by atoms with Crippen LogP contribution >= 0.6 is 0 Å². The van der Waals surface area contributed by atoms with Crippen molar-refractivity contribution in [2.24, 2.45) is 4.99 Å². The van der Waals surface area contributed by atoms with E-state index >= 15 is 4.39 Å². The Morgan fingerprint density at radius 2 is 1.73 bits per heavy atom. The number of ether oxygens (including phenoxy) is 2. The molecular weight excluding hydrogens is 524 g/mol. The van der Waals surface area contributed by atoms with E-state index in [0.29, 0.717) is 49.1 Å². The minimum Gasteiger partial charge on any atom is -0.495 e. The van der Waals surface area contributed by atoms with Gasteiger partial charge in [-0.1, -0.05) is 12.1 Å². The van der Waals surface area contributed by atoms with Crippen LogP contribution in [-0.2, 0) is 9.53 Å². The lowest BCUT2D eigenvalue weighted by Crippen LogP contribution is -2.55. The number of aliphatic imine (C=N–C) groups is 1. The topological polar surface area (TPSA) is 101 Å². The molecule has 0 N–H and O–H groups in total. The quantitative estimate of drug-likeness (QED) is 0.244. The summed E-state index contributed by atoms with van der Waals surface area (Å²) in [5.41, 5.74) is 1.52. The maximum absolute atomic E-state index is 15.2. The number of hydrogen-bond acceptors (Lipinski definition) is 9. The van der Waals surface area contributed by atoms with Gasteiger partial charge in [-0.05, 0) is 36.4 Å². The summed E-state index contributed by atoms with van der Waals surface area (Å²) in [6.07, 6.45) is -0.173. The maximum Gasteiger partial charge on any atom is 0.307 e. The first-order valence-electron chi connectivity index (χ1n) is 12.6. The molecule has 208 valence electrons. The van der Waals surface area contributed by atoms with E-state index in [9.17, 15) is 19.3 Å². The van der Waals surface area contributed by atoms with E-state index in [-0.39, 0.29) is 23.6 Å². The van der Waals surface area contributed by atoms with E-state index in [4.69, 9.17) is 14.5 Å². The Bertz CT molecular complexity index is 1460. The molecule has 5 rings (SSSR count). The number of anilines is 2. The van der Waals surface area contributed by atoms with Gasteiger partial charge >= 0.3 is 5.97 Å². The number of nitro benzene ring substituents is 1. The molecule has 0 spiro atoms. The van der Waals surface area contributed by atoms with Crippen molar-refractivity contribution in [3.05, 3.63) is 88.0 Å². The number of hydrogen-bond donors (Lipinski definition) is 0. The first-order chi connectivity index (χ1) is 19.3. The summed E-state index contributed by atoms with van der Waals surface area (Å²) in [5, 5.41) is 11.7. The summed E-state index contributed by atoms with van der Waals surface area (Å²) in [7, 11) is 2.70. The molecule has 1 fully saturated rings. The van der Waals surface area contributed by atoms with Gasteiger partial charge in [-0.3, -0.25) is 14.9 Å². The van der Waals surface area contributed by atoms with Crippen LogP contribution in [0.15, 0.2) is 65.7 Å². The Morgan fingerprint density at radius 1 is 1.02 bits per heavy atom. The first-order valence-corrected chi connectivity index (χ1v) is 12.6. The molecule has 0 aliphatic carbocycles. The van der Waals surface area contributed by atoms with E-state index in [1.165, 1.54) is 56.7 Å². The molecule has 40 heavy (non-hydrogen) atoms. The lowest BCUT2D eigenvalue weighted by molar-refractivity contribution is -0.384. The molecule has 3 aromatic carbocycles. The molecule has 0 aromatic heterocycles. The summed E-state index contributed by atoms with van der Waals surface area (Å²) in [4.78, 5) is 34.3. The minimum absolute atomic E-state index is 0.0908. The average molecular weight is 552 g/mol. The number of benzene rings is 3. The van der Waals surface area contributed by atoms with Crippen LogP contribution < -0.4 is 14.5 Å². The van der Waals surface area contributed by atoms with Crippen molar-refractivity contribution in [2.45, 2.75) is 12.5 Å². The van der Waals surface area contributed by atoms with E-state index in [1.807, 2.05) is 4.90 Å². The number of carbonyl (C=O) groups excluding carboxylic acids is 1. The highest BCUT2D eigenvalue weighted by atomic mass is 19.1. The van der Waals surface area contributed by atoms with Crippen LogP contribution in [0.2, 0.25) is 0 Å². The predicted octanol–water partition coefficient (Wildman–Crippen LogP) is 4.82.